The minimum absolute atomic E-state index is 0. The number of aromatic nitrogens is 4. The van der Waals surface area contributed by atoms with Crippen molar-refractivity contribution in [2.75, 3.05) is 0 Å². The molecule has 0 aliphatic carbocycles. The number of carbonyl (C=O) groups excluding carboxylic acids is 1. The molecule has 3 aromatic rings. The number of nitrogens with zero attached hydrogens (tertiary/aromatic N) is 4. The Bertz CT molecular complexity index is 1240. The normalized spacial score (nSPS) is 12.8. The van der Waals surface area contributed by atoms with Gasteiger partial charge in [0.05, 0.1) is 12.2 Å². The average Bonchev–Trinajstić information content (AvgIpc) is 3.20. The third-order valence-corrected chi connectivity index (χ3v) is 5.42. The summed E-state index contributed by atoms with van der Waals surface area (Å²) in [5.41, 5.74) is 2.97. The molecular weight excluding hydrogens is 481 g/mol. The molecule has 0 aliphatic rings. The molecule has 36 heavy (non-hydrogen) atoms. The van der Waals surface area contributed by atoms with Crippen LogP contribution < -0.4 is 34.7 Å². The minimum Gasteiger partial charge on any atom is -0.550 e. The number of aliphatic carboxylic acids is 1. The summed E-state index contributed by atoms with van der Waals surface area (Å²) in [4.78, 5) is 10.7. The van der Waals surface area contributed by atoms with Gasteiger partial charge in [-0.2, -0.15) is 0 Å². The Morgan fingerprint density at radius 3 is 2.08 bits per heavy atom. The fraction of sp³-hybridized carbons (Fsp3) is 0.280. The number of aliphatic hydroxyl groups is 2. The summed E-state index contributed by atoms with van der Waals surface area (Å²) in [6, 6.07) is 9.08. The predicted molar refractivity (Wildman–Crippen MR) is 122 cm³/mol. The van der Waals surface area contributed by atoms with Gasteiger partial charge >= 0.3 is 29.6 Å². The molecular formula is C25H25F2N4NaO4. The Hall–Kier alpha value is -2.76. The van der Waals surface area contributed by atoms with Gasteiger partial charge in [0.15, 0.2) is 5.82 Å². The number of tetrazole rings is 1. The molecule has 0 amide bonds. The van der Waals surface area contributed by atoms with Crippen LogP contribution in [0.25, 0.3) is 11.1 Å². The topological polar surface area (TPSA) is 124 Å². The van der Waals surface area contributed by atoms with E-state index in [-0.39, 0.29) is 36.0 Å². The van der Waals surface area contributed by atoms with E-state index in [1.165, 1.54) is 29.0 Å². The van der Waals surface area contributed by atoms with Gasteiger partial charge < -0.3 is 20.1 Å². The van der Waals surface area contributed by atoms with Gasteiger partial charge in [-0.3, -0.25) is 0 Å². The fourth-order valence-corrected chi connectivity index (χ4v) is 3.65. The molecule has 2 N–H and O–H groups in total. The van der Waals surface area contributed by atoms with Crippen LogP contribution in [0.5, 0.6) is 0 Å². The molecule has 2 aromatic carbocycles. The van der Waals surface area contributed by atoms with Crippen molar-refractivity contribution in [3.8, 4) is 0 Å². The minimum atomic E-state index is -1.43. The number of carboxylic acid groups (broad SMARTS) is 1. The van der Waals surface area contributed by atoms with Gasteiger partial charge in [-0.15, -0.1) is 5.10 Å². The molecule has 3 rings (SSSR count). The summed E-state index contributed by atoms with van der Waals surface area (Å²) in [7, 11) is 1.62. The Kier molecular flexibility index (Phi) is 10.6. The van der Waals surface area contributed by atoms with Crippen LogP contribution in [0.4, 0.5) is 8.78 Å². The molecule has 2 unspecified atom stereocenters. The summed E-state index contributed by atoms with van der Waals surface area (Å²) in [6.07, 6.45) is -0.454. The number of benzene rings is 2. The van der Waals surface area contributed by atoms with E-state index in [0.29, 0.717) is 39.2 Å². The van der Waals surface area contributed by atoms with E-state index < -0.39 is 36.2 Å². The van der Waals surface area contributed by atoms with Gasteiger partial charge in [-0.05, 0) is 76.4 Å². The van der Waals surface area contributed by atoms with Crippen LogP contribution in [-0.4, -0.2) is 48.6 Å². The Morgan fingerprint density at radius 2 is 1.64 bits per heavy atom. The zero-order chi connectivity index (χ0) is 25.7. The number of hydrogen-bond acceptors (Lipinski definition) is 7. The van der Waals surface area contributed by atoms with Crippen molar-refractivity contribution in [2.45, 2.75) is 38.9 Å². The van der Waals surface area contributed by atoms with Crippen LogP contribution in [0, 0.1) is 25.5 Å². The molecule has 2 atom stereocenters. The molecule has 1 aromatic heterocycles. The molecule has 0 radical (unpaired) electrons. The number of carboxylic acids is 1. The number of rotatable bonds is 9. The van der Waals surface area contributed by atoms with E-state index in [4.69, 9.17) is 0 Å². The van der Waals surface area contributed by atoms with Gasteiger partial charge in [0.1, 0.15) is 11.6 Å². The summed E-state index contributed by atoms with van der Waals surface area (Å²) >= 11 is 0. The van der Waals surface area contributed by atoms with E-state index in [9.17, 15) is 28.9 Å². The Morgan fingerprint density at radius 1 is 1.08 bits per heavy atom. The number of hydrogen-bond donors (Lipinski definition) is 2. The second-order valence-electron chi connectivity index (χ2n) is 8.23. The molecule has 0 spiro atoms. The molecule has 0 bridgehead atoms. The number of aliphatic hydroxyl groups excluding tert-OH is 2. The maximum absolute atomic E-state index is 14.1. The quantitative estimate of drug-likeness (QED) is 0.278. The van der Waals surface area contributed by atoms with Crippen LogP contribution in [0.1, 0.15) is 40.9 Å². The number of halogens is 2. The molecule has 0 aliphatic heterocycles. The third-order valence-electron chi connectivity index (χ3n) is 5.42. The van der Waals surface area contributed by atoms with Crippen LogP contribution >= 0.6 is 0 Å². The van der Waals surface area contributed by atoms with Gasteiger partial charge in [0.2, 0.25) is 0 Å². The monoisotopic (exact) mass is 506 g/mol. The van der Waals surface area contributed by atoms with Gasteiger partial charge in [-0.1, -0.05) is 24.3 Å². The first-order chi connectivity index (χ1) is 16.6. The van der Waals surface area contributed by atoms with E-state index >= 15 is 0 Å². The van der Waals surface area contributed by atoms with Crippen molar-refractivity contribution in [1.29, 1.82) is 0 Å². The second kappa shape index (κ2) is 13.0. The number of aryl methyl sites for hydroxylation is 3. The molecule has 0 saturated heterocycles. The summed E-state index contributed by atoms with van der Waals surface area (Å²) in [5, 5.41) is 42.5. The summed E-state index contributed by atoms with van der Waals surface area (Å²) in [6.45, 7) is 3.24. The van der Waals surface area contributed by atoms with Gasteiger partial charge in [0, 0.05) is 31.4 Å². The molecule has 184 valence electrons. The SMILES string of the molecule is Cc1cc(C(=C(/C=C/C(O)CC(O)CC(=O)[O-])c2nnnn2C)c2ccc(F)c(C)c2)ccc1F.[Na+]. The Labute approximate surface area is 229 Å². The van der Waals surface area contributed by atoms with Gasteiger partial charge in [0.25, 0.3) is 0 Å². The van der Waals surface area contributed by atoms with Crippen LogP contribution in [0.15, 0.2) is 48.6 Å². The van der Waals surface area contributed by atoms with Gasteiger partial charge in [-0.25, -0.2) is 13.5 Å². The van der Waals surface area contributed by atoms with Crippen molar-refractivity contribution in [2.24, 2.45) is 7.05 Å². The predicted octanol–water partition coefficient (Wildman–Crippen LogP) is -1.12. The van der Waals surface area contributed by atoms with Crippen LogP contribution in [0.3, 0.4) is 0 Å². The van der Waals surface area contributed by atoms with E-state index in [1.54, 1.807) is 45.2 Å². The van der Waals surface area contributed by atoms with E-state index in [0.717, 1.165) is 0 Å². The molecule has 0 saturated carbocycles. The zero-order valence-corrected chi connectivity index (χ0v) is 22.4. The zero-order valence-electron chi connectivity index (χ0n) is 20.4. The maximum Gasteiger partial charge on any atom is 1.00 e. The first kappa shape index (κ1) is 29.5. The van der Waals surface area contributed by atoms with Crippen molar-refractivity contribution in [1.82, 2.24) is 20.2 Å². The molecule has 0 fully saturated rings. The van der Waals surface area contributed by atoms with Crippen molar-refractivity contribution in [3.63, 3.8) is 0 Å². The molecule has 11 heteroatoms. The molecule has 1 heterocycles. The van der Waals surface area contributed by atoms with Crippen LogP contribution in [0.2, 0.25) is 0 Å². The number of carbonyl (C=O) groups is 1. The number of allylic oxidation sites excluding steroid dienone is 2. The smallest absolute Gasteiger partial charge is 0.550 e. The maximum atomic E-state index is 14.1. The summed E-state index contributed by atoms with van der Waals surface area (Å²) < 4.78 is 29.5. The largest absolute Gasteiger partial charge is 1.00 e. The van der Waals surface area contributed by atoms with E-state index in [1.807, 2.05) is 0 Å². The van der Waals surface area contributed by atoms with Crippen molar-refractivity contribution >= 4 is 17.1 Å². The first-order valence-electron chi connectivity index (χ1n) is 10.8. The first-order valence-corrected chi connectivity index (χ1v) is 10.8. The van der Waals surface area contributed by atoms with Crippen LogP contribution in [-0.2, 0) is 11.8 Å². The Balaban J connectivity index is 0.00000456. The van der Waals surface area contributed by atoms with Crippen molar-refractivity contribution < 1.29 is 58.5 Å². The fourth-order valence-electron chi connectivity index (χ4n) is 3.65. The second-order valence-corrected chi connectivity index (χ2v) is 8.23. The molecule has 8 nitrogen and oxygen atoms in total. The summed E-state index contributed by atoms with van der Waals surface area (Å²) in [5.74, 6) is -1.90. The third kappa shape index (κ3) is 7.37. The standard InChI is InChI=1S/C25H26F2N4O4.Na/c1-14-10-16(4-8-21(14)26)24(17-5-9-22(27)15(2)11-17)20(25-28-29-30-31(25)3)7-6-18(32)12-19(33)13-23(34)35;/h4-11,18-19,32-33H,12-13H2,1-3H3,(H,34,35);/q;+1/p-1/b7-6+;. The van der Waals surface area contributed by atoms with E-state index in [2.05, 4.69) is 15.5 Å². The average molecular weight is 506 g/mol. The van der Waals surface area contributed by atoms with Crippen molar-refractivity contribution in [3.05, 3.63) is 88.3 Å².